The number of nitrogens with zero attached hydrogens (tertiary/aromatic N) is 2. The molecule has 0 aliphatic heterocycles. The van der Waals surface area contributed by atoms with Gasteiger partial charge in [-0.2, -0.15) is 5.26 Å². The second-order valence-corrected chi connectivity index (χ2v) is 5.30. The lowest BCUT2D eigenvalue weighted by Crippen LogP contribution is -2.16. The van der Waals surface area contributed by atoms with Gasteiger partial charge >= 0.3 is 0 Å². The summed E-state index contributed by atoms with van der Waals surface area (Å²) in [6.07, 6.45) is 2.86. The Labute approximate surface area is 126 Å². The minimum Gasteiger partial charge on any atom is -0.342 e. The molecule has 1 N–H and O–H groups in total. The third kappa shape index (κ3) is 3.28. The molecule has 0 bridgehead atoms. The van der Waals surface area contributed by atoms with Crippen LogP contribution in [0.15, 0.2) is 41.0 Å². The van der Waals surface area contributed by atoms with Gasteiger partial charge in [-0.25, -0.2) is 0 Å². The van der Waals surface area contributed by atoms with Crippen molar-refractivity contribution in [3.63, 3.8) is 0 Å². The Morgan fingerprint density at radius 3 is 2.70 bits per heavy atom. The van der Waals surface area contributed by atoms with Gasteiger partial charge in [0.15, 0.2) is 0 Å². The molecule has 102 valence electrons. The highest BCUT2D eigenvalue weighted by atomic mass is 79.9. The van der Waals surface area contributed by atoms with Gasteiger partial charge in [0.1, 0.15) is 5.69 Å². The summed E-state index contributed by atoms with van der Waals surface area (Å²) < 4.78 is 2.80. The topological polar surface area (TPSA) is 57.8 Å². The van der Waals surface area contributed by atoms with Crippen LogP contribution in [0.25, 0.3) is 0 Å². The van der Waals surface area contributed by atoms with E-state index in [1.165, 1.54) is 0 Å². The molecule has 1 amide bonds. The lowest BCUT2D eigenvalue weighted by atomic mass is 10.2. The normalized spacial score (nSPS) is 10.1. The molecule has 0 fully saturated rings. The molecule has 1 heterocycles. The maximum absolute atomic E-state index is 12.3. The maximum Gasteiger partial charge on any atom is 0.272 e. The van der Waals surface area contributed by atoms with Crippen LogP contribution in [0.3, 0.4) is 0 Å². The van der Waals surface area contributed by atoms with Crippen molar-refractivity contribution in [3.8, 4) is 6.07 Å². The Bertz CT molecular complexity index is 653. The van der Waals surface area contributed by atoms with Gasteiger partial charge in [-0.05, 0) is 52.7 Å². The number of halogens is 1. The summed E-state index contributed by atoms with van der Waals surface area (Å²) in [5, 5.41) is 11.6. The molecule has 20 heavy (non-hydrogen) atoms. The zero-order chi connectivity index (χ0) is 14.5. The second-order valence-electron chi connectivity index (χ2n) is 4.38. The lowest BCUT2D eigenvalue weighted by Gasteiger charge is -2.08. The van der Waals surface area contributed by atoms with E-state index < -0.39 is 0 Å². The van der Waals surface area contributed by atoms with Gasteiger partial charge in [0.2, 0.25) is 0 Å². The molecular weight excluding hydrogens is 318 g/mol. The number of hydrogen-bond donors (Lipinski definition) is 1. The fraction of sp³-hybridized carbons (Fsp3) is 0.200. The zero-order valence-corrected chi connectivity index (χ0v) is 12.6. The first-order valence-corrected chi connectivity index (χ1v) is 7.10. The van der Waals surface area contributed by atoms with Crippen LogP contribution in [0.1, 0.15) is 29.4 Å². The number of aromatic nitrogens is 1. The molecule has 0 atom stereocenters. The van der Waals surface area contributed by atoms with Gasteiger partial charge in [0.25, 0.3) is 5.91 Å². The van der Waals surface area contributed by atoms with Crippen LogP contribution in [-0.2, 0) is 6.54 Å². The van der Waals surface area contributed by atoms with E-state index in [2.05, 4.69) is 28.2 Å². The number of carbonyl (C=O) groups is 1. The molecule has 0 radical (unpaired) electrons. The Hall–Kier alpha value is -2.06. The Balaban J connectivity index is 2.17. The third-order valence-electron chi connectivity index (χ3n) is 2.83. The lowest BCUT2D eigenvalue weighted by molar-refractivity contribution is 0.101. The van der Waals surface area contributed by atoms with E-state index in [0.717, 1.165) is 17.4 Å². The highest BCUT2D eigenvalue weighted by molar-refractivity contribution is 9.10. The average molecular weight is 332 g/mol. The molecule has 1 aromatic carbocycles. The van der Waals surface area contributed by atoms with Crippen LogP contribution in [0, 0.1) is 11.3 Å². The van der Waals surface area contributed by atoms with Crippen molar-refractivity contribution in [2.45, 2.75) is 19.9 Å². The molecule has 2 aromatic rings. The van der Waals surface area contributed by atoms with Crippen molar-refractivity contribution >= 4 is 27.5 Å². The minimum atomic E-state index is -0.158. The summed E-state index contributed by atoms with van der Waals surface area (Å²) in [6, 6.07) is 10.6. The SMILES string of the molecule is CCCn1cc(Br)cc1C(=O)Nc1ccc(C#N)cc1. The summed E-state index contributed by atoms with van der Waals surface area (Å²) in [5.74, 6) is -0.158. The van der Waals surface area contributed by atoms with E-state index in [0.29, 0.717) is 16.9 Å². The van der Waals surface area contributed by atoms with Crippen molar-refractivity contribution in [3.05, 3.63) is 52.3 Å². The molecule has 2 rings (SSSR count). The number of anilines is 1. The van der Waals surface area contributed by atoms with Gasteiger partial charge in [-0.1, -0.05) is 6.92 Å². The monoisotopic (exact) mass is 331 g/mol. The van der Waals surface area contributed by atoms with Gasteiger partial charge in [0.05, 0.1) is 11.6 Å². The van der Waals surface area contributed by atoms with E-state index in [4.69, 9.17) is 5.26 Å². The zero-order valence-electron chi connectivity index (χ0n) is 11.1. The summed E-state index contributed by atoms with van der Waals surface area (Å²) in [5.41, 5.74) is 1.86. The molecule has 0 unspecified atom stereocenters. The van der Waals surface area contributed by atoms with Gasteiger partial charge < -0.3 is 9.88 Å². The van der Waals surface area contributed by atoms with Gasteiger partial charge in [-0.3, -0.25) is 4.79 Å². The first-order chi connectivity index (χ1) is 9.63. The first-order valence-electron chi connectivity index (χ1n) is 6.31. The number of benzene rings is 1. The van der Waals surface area contributed by atoms with E-state index in [-0.39, 0.29) is 5.91 Å². The van der Waals surface area contributed by atoms with Crippen LogP contribution in [-0.4, -0.2) is 10.5 Å². The number of amides is 1. The third-order valence-corrected chi connectivity index (χ3v) is 3.27. The molecule has 0 saturated heterocycles. The van der Waals surface area contributed by atoms with Crippen LogP contribution in [0.2, 0.25) is 0 Å². The molecule has 0 aliphatic carbocycles. The quantitative estimate of drug-likeness (QED) is 0.926. The Kier molecular flexibility index (Phi) is 4.59. The number of hydrogen-bond acceptors (Lipinski definition) is 2. The van der Waals surface area contributed by atoms with E-state index in [9.17, 15) is 4.79 Å². The second kappa shape index (κ2) is 6.40. The number of carbonyl (C=O) groups excluding carboxylic acids is 1. The molecular formula is C15H14BrN3O. The largest absolute Gasteiger partial charge is 0.342 e. The van der Waals surface area contributed by atoms with Crippen LogP contribution < -0.4 is 5.32 Å². The minimum absolute atomic E-state index is 0.158. The van der Waals surface area contributed by atoms with E-state index in [1.54, 1.807) is 30.3 Å². The summed E-state index contributed by atoms with van der Waals surface area (Å²) in [4.78, 5) is 12.3. The number of aryl methyl sites for hydroxylation is 1. The molecule has 0 saturated carbocycles. The van der Waals surface area contributed by atoms with Crippen LogP contribution in [0.4, 0.5) is 5.69 Å². The number of nitrogens with one attached hydrogen (secondary N) is 1. The predicted octanol–water partition coefficient (Wildman–Crippen LogP) is 3.78. The van der Waals surface area contributed by atoms with E-state index >= 15 is 0 Å². The van der Waals surface area contributed by atoms with Crippen molar-refractivity contribution in [2.24, 2.45) is 0 Å². The molecule has 0 spiro atoms. The highest BCUT2D eigenvalue weighted by Gasteiger charge is 2.12. The van der Waals surface area contributed by atoms with Crippen molar-refractivity contribution in [2.75, 3.05) is 5.32 Å². The number of nitriles is 1. The van der Waals surface area contributed by atoms with Crippen LogP contribution >= 0.6 is 15.9 Å². The average Bonchev–Trinajstić information content (AvgIpc) is 2.81. The molecule has 0 aliphatic rings. The van der Waals surface area contributed by atoms with E-state index in [1.807, 2.05) is 16.8 Å². The van der Waals surface area contributed by atoms with Crippen molar-refractivity contribution < 1.29 is 4.79 Å². The highest BCUT2D eigenvalue weighted by Crippen LogP contribution is 2.17. The van der Waals surface area contributed by atoms with Gasteiger partial charge in [-0.15, -0.1) is 0 Å². The van der Waals surface area contributed by atoms with Crippen molar-refractivity contribution in [1.82, 2.24) is 4.57 Å². The molecule has 4 nitrogen and oxygen atoms in total. The Morgan fingerprint density at radius 2 is 2.10 bits per heavy atom. The van der Waals surface area contributed by atoms with Crippen molar-refractivity contribution in [1.29, 1.82) is 5.26 Å². The van der Waals surface area contributed by atoms with Crippen LogP contribution in [0.5, 0.6) is 0 Å². The predicted molar refractivity (Wildman–Crippen MR) is 81.5 cm³/mol. The smallest absolute Gasteiger partial charge is 0.272 e. The standard InChI is InChI=1S/C15H14BrN3O/c1-2-7-19-10-12(16)8-14(19)15(20)18-13-5-3-11(9-17)4-6-13/h3-6,8,10H,2,7H2,1H3,(H,18,20). The van der Waals surface area contributed by atoms with Gasteiger partial charge in [0, 0.05) is 22.9 Å². The Morgan fingerprint density at radius 1 is 1.40 bits per heavy atom. The number of rotatable bonds is 4. The first kappa shape index (κ1) is 14.4. The summed E-state index contributed by atoms with van der Waals surface area (Å²) in [6.45, 7) is 2.86. The molecule has 5 heteroatoms. The summed E-state index contributed by atoms with van der Waals surface area (Å²) >= 11 is 3.39. The fourth-order valence-corrected chi connectivity index (χ4v) is 2.38. The molecule has 1 aromatic heterocycles. The fourth-order valence-electron chi connectivity index (χ4n) is 1.91. The maximum atomic E-state index is 12.3. The summed E-state index contributed by atoms with van der Waals surface area (Å²) in [7, 11) is 0.